The second kappa shape index (κ2) is 13.7. The molecule has 0 aromatic heterocycles. The van der Waals surface area contributed by atoms with Crippen molar-refractivity contribution >= 4 is 0 Å². The Morgan fingerprint density at radius 1 is 0.722 bits per heavy atom. The Bertz CT molecular complexity index is 921. The molecule has 0 bridgehead atoms. The Hall–Kier alpha value is -1.74. The van der Waals surface area contributed by atoms with Crippen molar-refractivity contribution in [1.29, 1.82) is 0 Å². The molecule has 0 radical (unpaired) electrons. The van der Waals surface area contributed by atoms with E-state index in [0.29, 0.717) is 23.5 Å². The van der Waals surface area contributed by atoms with Gasteiger partial charge in [-0.2, -0.15) is 0 Å². The third-order valence-corrected chi connectivity index (χ3v) is 9.08. The van der Waals surface area contributed by atoms with Crippen LogP contribution in [-0.4, -0.2) is 13.7 Å². The summed E-state index contributed by atoms with van der Waals surface area (Å²) in [7, 11) is 1.79. The Morgan fingerprint density at radius 3 is 2.03 bits per heavy atom. The highest BCUT2D eigenvalue weighted by molar-refractivity contribution is 5.65. The molecule has 36 heavy (non-hydrogen) atoms. The number of unbranched alkanes of at least 4 members (excludes halogenated alkanes) is 1. The van der Waals surface area contributed by atoms with E-state index in [1.54, 1.807) is 19.2 Å². The number of methoxy groups -OCH3 is 1. The van der Waals surface area contributed by atoms with Crippen molar-refractivity contribution in [2.45, 2.75) is 103 Å². The molecule has 0 unspecified atom stereocenters. The van der Waals surface area contributed by atoms with Crippen LogP contribution in [0.2, 0.25) is 0 Å². The summed E-state index contributed by atoms with van der Waals surface area (Å²) < 4.78 is 35.3. The number of ether oxygens (including phenoxy) is 1. The molecular formula is C33H46F2O. The summed E-state index contributed by atoms with van der Waals surface area (Å²) in [5.74, 6) is 1.65. The molecule has 4 rings (SSSR count). The molecule has 2 aliphatic rings. The SMILES string of the molecule is CCCC1CCC(c2ccc(-c3ccc(CCCCC4CCC(COC)CC4)c(F)c3F)cc2)CC1. The van der Waals surface area contributed by atoms with Gasteiger partial charge < -0.3 is 4.74 Å². The zero-order chi connectivity index (χ0) is 25.3. The van der Waals surface area contributed by atoms with Gasteiger partial charge in [0.1, 0.15) is 0 Å². The van der Waals surface area contributed by atoms with Gasteiger partial charge in [-0.15, -0.1) is 0 Å². The molecular weight excluding hydrogens is 450 g/mol. The lowest BCUT2D eigenvalue weighted by molar-refractivity contribution is 0.117. The molecule has 0 atom stereocenters. The molecule has 2 aromatic rings. The van der Waals surface area contributed by atoms with Gasteiger partial charge >= 0.3 is 0 Å². The van der Waals surface area contributed by atoms with Crippen LogP contribution in [0.25, 0.3) is 11.1 Å². The van der Waals surface area contributed by atoms with Crippen LogP contribution in [0.15, 0.2) is 36.4 Å². The van der Waals surface area contributed by atoms with Crippen LogP contribution < -0.4 is 0 Å². The molecule has 1 nitrogen and oxygen atoms in total. The van der Waals surface area contributed by atoms with Gasteiger partial charge in [0.05, 0.1) is 0 Å². The zero-order valence-electron chi connectivity index (χ0n) is 22.5. The van der Waals surface area contributed by atoms with E-state index in [1.165, 1.54) is 76.2 Å². The highest BCUT2D eigenvalue weighted by Crippen LogP contribution is 2.38. The van der Waals surface area contributed by atoms with Crippen molar-refractivity contribution in [2.75, 3.05) is 13.7 Å². The number of aryl methyl sites for hydroxylation is 1. The number of hydrogen-bond donors (Lipinski definition) is 0. The highest BCUT2D eigenvalue weighted by atomic mass is 19.2. The average Bonchev–Trinajstić information content (AvgIpc) is 2.91. The van der Waals surface area contributed by atoms with Gasteiger partial charge in [-0.3, -0.25) is 0 Å². The minimum Gasteiger partial charge on any atom is -0.384 e. The van der Waals surface area contributed by atoms with E-state index in [-0.39, 0.29) is 0 Å². The summed E-state index contributed by atoms with van der Waals surface area (Å²) in [4.78, 5) is 0. The maximum Gasteiger partial charge on any atom is 0.166 e. The van der Waals surface area contributed by atoms with E-state index in [2.05, 4.69) is 19.1 Å². The van der Waals surface area contributed by atoms with E-state index in [1.807, 2.05) is 12.1 Å². The smallest absolute Gasteiger partial charge is 0.166 e. The number of halogens is 2. The monoisotopic (exact) mass is 496 g/mol. The lowest BCUT2D eigenvalue weighted by Gasteiger charge is -2.28. The summed E-state index contributed by atoms with van der Waals surface area (Å²) >= 11 is 0. The van der Waals surface area contributed by atoms with Crippen LogP contribution in [-0.2, 0) is 11.2 Å². The first-order valence-corrected chi connectivity index (χ1v) is 14.6. The largest absolute Gasteiger partial charge is 0.384 e. The Labute approximate surface area is 218 Å². The van der Waals surface area contributed by atoms with Gasteiger partial charge in [-0.25, -0.2) is 8.78 Å². The third kappa shape index (κ3) is 7.18. The van der Waals surface area contributed by atoms with Crippen LogP contribution in [0.3, 0.4) is 0 Å². The Kier molecular flexibility index (Phi) is 10.4. The first-order valence-electron chi connectivity index (χ1n) is 14.6. The number of hydrogen-bond acceptors (Lipinski definition) is 1. The van der Waals surface area contributed by atoms with Gasteiger partial charge in [-0.1, -0.05) is 81.8 Å². The molecule has 0 spiro atoms. The lowest BCUT2D eigenvalue weighted by atomic mass is 9.77. The molecule has 2 aromatic carbocycles. The summed E-state index contributed by atoms with van der Waals surface area (Å²) in [5, 5.41) is 0. The Morgan fingerprint density at radius 2 is 1.36 bits per heavy atom. The predicted molar refractivity (Wildman–Crippen MR) is 146 cm³/mol. The van der Waals surface area contributed by atoms with Crippen LogP contribution in [0.5, 0.6) is 0 Å². The molecule has 0 N–H and O–H groups in total. The first kappa shape index (κ1) is 27.3. The van der Waals surface area contributed by atoms with Crippen LogP contribution in [0, 0.1) is 29.4 Å². The van der Waals surface area contributed by atoms with Gasteiger partial charge in [0, 0.05) is 19.3 Å². The van der Waals surface area contributed by atoms with Crippen molar-refractivity contribution in [3.8, 4) is 11.1 Å². The fraction of sp³-hybridized carbons (Fsp3) is 0.636. The molecule has 0 amide bonds. The first-order chi connectivity index (χ1) is 17.6. The quantitative estimate of drug-likeness (QED) is 0.281. The van der Waals surface area contributed by atoms with Crippen molar-refractivity contribution in [2.24, 2.45) is 17.8 Å². The average molecular weight is 497 g/mol. The highest BCUT2D eigenvalue weighted by Gasteiger charge is 2.23. The maximum atomic E-state index is 15.0. The molecule has 2 saturated carbocycles. The van der Waals surface area contributed by atoms with E-state index in [9.17, 15) is 4.39 Å². The van der Waals surface area contributed by atoms with E-state index in [4.69, 9.17) is 4.74 Å². The fourth-order valence-electron chi connectivity index (χ4n) is 6.80. The fourth-order valence-corrected chi connectivity index (χ4v) is 6.80. The van der Waals surface area contributed by atoms with Crippen molar-refractivity contribution in [3.05, 3.63) is 59.2 Å². The molecule has 2 fully saturated rings. The van der Waals surface area contributed by atoms with Gasteiger partial charge in [0.25, 0.3) is 0 Å². The zero-order valence-corrected chi connectivity index (χ0v) is 22.5. The predicted octanol–water partition coefficient (Wildman–Crippen LogP) is 9.87. The summed E-state index contributed by atoms with van der Waals surface area (Å²) in [5.41, 5.74) is 3.01. The molecule has 0 saturated heterocycles. The second-order valence-corrected chi connectivity index (χ2v) is 11.6. The molecule has 198 valence electrons. The minimum atomic E-state index is -0.697. The number of benzene rings is 2. The lowest BCUT2D eigenvalue weighted by Crippen LogP contribution is -2.18. The molecule has 3 heteroatoms. The van der Waals surface area contributed by atoms with Crippen molar-refractivity contribution < 1.29 is 13.5 Å². The molecule has 0 aliphatic heterocycles. The summed E-state index contributed by atoms with van der Waals surface area (Å²) in [6, 6.07) is 11.8. The van der Waals surface area contributed by atoms with Crippen molar-refractivity contribution in [3.63, 3.8) is 0 Å². The van der Waals surface area contributed by atoms with E-state index < -0.39 is 11.6 Å². The van der Waals surface area contributed by atoms with E-state index in [0.717, 1.165) is 42.8 Å². The normalized spacial score (nSPS) is 24.7. The Balaban J connectivity index is 1.27. The standard InChI is InChI=1S/C33H46F2O/c1-3-6-24-13-15-27(16-14-24)28-17-19-29(20-18-28)31-22-21-30(32(34)33(31)35)8-5-4-7-25-9-11-26(12-10-25)23-36-2/h17-22,24-27H,3-16,23H2,1-2H3. The van der Waals surface area contributed by atoms with Crippen LogP contribution in [0.1, 0.15) is 107 Å². The van der Waals surface area contributed by atoms with Crippen molar-refractivity contribution in [1.82, 2.24) is 0 Å². The summed E-state index contributed by atoms with van der Waals surface area (Å²) in [6.07, 6.45) is 16.7. The van der Waals surface area contributed by atoms with Gasteiger partial charge in [0.2, 0.25) is 0 Å². The summed E-state index contributed by atoms with van der Waals surface area (Å²) in [6.45, 7) is 3.16. The topological polar surface area (TPSA) is 9.23 Å². The van der Waals surface area contributed by atoms with Crippen LogP contribution >= 0.6 is 0 Å². The minimum absolute atomic E-state index is 0.377. The van der Waals surface area contributed by atoms with E-state index >= 15 is 4.39 Å². The van der Waals surface area contributed by atoms with Crippen LogP contribution in [0.4, 0.5) is 8.78 Å². The molecule has 2 aliphatic carbocycles. The van der Waals surface area contributed by atoms with Gasteiger partial charge in [-0.05, 0) is 91.7 Å². The molecule has 0 heterocycles. The third-order valence-electron chi connectivity index (χ3n) is 9.08. The van der Waals surface area contributed by atoms with Gasteiger partial charge in [0.15, 0.2) is 11.6 Å². The maximum absolute atomic E-state index is 15.0. The number of rotatable bonds is 11. The second-order valence-electron chi connectivity index (χ2n) is 11.6.